The summed E-state index contributed by atoms with van der Waals surface area (Å²) in [6, 6.07) is 9.94. The van der Waals surface area contributed by atoms with Gasteiger partial charge in [-0.25, -0.2) is 0 Å². The Balaban J connectivity index is 1.47. The van der Waals surface area contributed by atoms with Crippen LogP contribution < -0.4 is 4.74 Å². The predicted molar refractivity (Wildman–Crippen MR) is 96.6 cm³/mol. The maximum atomic E-state index is 10.5. The van der Waals surface area contributed by atoms with Crippen LogP contribution in [0.3, 0.4) is 0 Å². The lowest BCUT2D eigenvalue weighted by Crippen LogP contribution is -2.28. The van der Waals surface area contributed by atoms with E-state index in [0.717, 1.165) is 31.6 Å². The number of allylic oxidation sites excluding steroid dienone is 3. The Hall–Kier alpha value is -2.07. The lowest BCUT2D eigenvalue weighted by atomic mass is 9.76. The molecule has 1 aromatic carbocycles. The maximum Gasteiger partial charge on any atom is 0.307 e. The van der Waals surface area contributed by atoms with Crippen LogP contribution in [-0.2, 0) is 9.53 Å². The molecule has 2 bridgehead atoms. The van der Waals surface area contributed by atoms with Gasteiger partial charge in [-0.3, -0.25) is 4.79 Å². The first-order valence-corrected chi connectivity index (χ1v) is 9.11. The van der Waals surface area contributed by atoms with Gasteiger partial charge in [0.1, 0.15) is 5.75 Å². The van der Waals surface area contributed by atoms with Crippen molar-refractivity contribution >= 4 is 5.97 Å². The molecule has 4 nitrogen and oxygen atoms in total. The van der Waals surface area contributed by atoms with Crippen molar-refractivity contribution < 1.29 is 19.4 Å². The Labute approximate surface area is 149 Å². The van der Waals surface area contributed by atoms with E-state index in [1.54, 1.807) is 6.08 Å². The molecule has 0 spiro atoms. The molecule has 0 aliphatic carbocycles. The van der Waals surface area contributed by atoms with E-state index in [1.807, 2.05) is 42.5 Å². The van der Waals surface area contributed by atoms with Crippen molar-refractivity contribution in [3.05, 3.63) is 54.6 Å². The molecule has 3 rings (SSSR count). The molecule has 0 aromatic heterocycles. The number of fused-ring (bicyclic) bond motifs is 2. The van der Waals surface area contributed by atoms with E-state index in [4.69, 9.17) is 14.6 Å². The fraction of sp³-hybridized carbons (Fsp3) is 0.476. The lowest BCUT2D eigenvalue weighted by molar-refractivity contribution is -0.136. The molecular formula is C21H26O4. The van der Waals surface area contributed by atoms with Gasteiger partial charge in [0.25, 0.3) is 0 Å². The second-order valence-corrected chi connectivity index (χ2v) is 6.76. The average Bonchev–Trinajstić information content (AvgIpc) is 3.21. The molecule has 2 saturated heterocycles. The molecule has 2 heterocycles. The van der Waals surface area contributed by atoms with E-state index < -0.39 is 5.97 Å². The highest BCUT2D eigenvalue weighted by atomic mass is 16.5. The van der Waals surface area contributed by atoms with E-state index >= 15 is 0 Å². The van der Waals surface area contributed by atoms with Gasteiger partial charge in [0.15, 0.2) is 0 Å². The fourth-order valence-corrected chi connectivity index (χ4v) is 3.99. The number of benzene rings is 1. The summed E-state index contributed by atoms with van der Waals surface area (Å²) in [6.45, 7) is 0.722. The molecule has 1 N–H and O–H groups in total. The number of hydrogen-bond donors (Lipinski definition) is 1. The summed E-state index contributed by atoms with van der Waals surface area (Å²) in [7, 11) is 0. The Morgan fingerprint density at radius 2 is 1.84 bits per heavy atom. The van der Waals surface area contributed by atoms with E-state index in [1.165, 1.54) is 6.42 Å². The minimum Gasteiger partial charge on any atom is -0.494 e. The molecular weight excluding hydrogens is 316 g/mol. The van der Waals surface area contributed by atoms with Gasteiger partial charge >= 0.3 is 5.97 Å². The average molecular weight is 342 g/mol. The number of para-hydroxylation sites is 1. The molecule has 4 heteroatoms. The van der Waals surface area contributed by atoms with E-state index in [-0.39, 0.29) is 6.42 Å². The van der Waals surface area contributed by atoms with Crippen LogP contribution >= 0.6 is 0 Å². The highest BCUT2D eigenvalue weighted by molar-refractivity contribution is 5.68. The summed E-state index contributed by atoms with van der Waals surface area (Å²) in [6.07, 6.45) is 12.7. The number of rotatable bonds is 9. The first-order chi connectivity index (χ1) is 12.2. The smallest absolute Gasteiger partial charge is 0.307 e. The van der Waals surface area contributed by atoms with Crippen LogP contribution in [-0.4, -0.2) is 29.9 Å². The van der Waals surface area contributed by atoms with Crippen molar-refractivity contribution in [1.29, 1.82) is 0 Å². The van der Waals surface area contributed by atoms with Crippen LogP contribution in [0.15, 0.2) is 54.6 Å². The standard InChI is InChI=1S/C21H26O4/c22-21(23)11-7-2-1-6-10-17-18(20-13-12-19(17)25-20)14-15-24-16-8-4-3-5-9-16/h1-9,17-20H,10-15H2,(H,22,23)/t17-,18+,19-,20+/m0/s1. The van der Waals surface area contributed by atoms with E-state index in [0.29, 0.717) is 24.0 Å². The van der Waals surface area contributed by atoms with Crippen molar-refractivity contribution in [2.45, 2.75) is 44.3 Å². The highest BCUT2D eigenvalue weighted by Crippen LogP contribution is 2.46. The van der Waals surface area contributed by atoms with Crippen LogP contribution in [0.5, 0.6) is 5.75 Å². The largest absolute Gasteiger partial charge is 0.494 e. The molecule has 0 saturated carbocycles. The van der Waals surface area contributed by atoms with Gasteiger partial charge in [0, 0.05) is 0 Å². The second kappa shape index (κ2) is 8.86. The monoisotopic (exact) mass is 342 g/mol. The molecule has 2 aliphatic rings. The number of carboxylic acid groups (broad SMARTS) is 1. The van der Waals surface area contributed by atoms with Crippen LogP contribution in [0.1, 0.15) is 32.1 Å². The normalized spacial score (nSPS) is 28.2. The van der Waals surface area contributed by atoms with Crippen LogP contribution in [0.25, 0.3) is 0 Å². The van der Waals surface area contributed by atoms with Crippen LogP contribution in [0, 0.1) is 11.8 Å². The molecule has 2 aliphatic heterocycles. The first-order valence-electron chi connectivity index (χ1n) is 9.11. The molecule has 0 radical (unpaired) electrons. The fourth-order valence-electron chi connectivity index (χ4n) is 3.99. The van der Waals surface area contributed by atoms with E-state index in [2.05, 4.69) is 6.08 Å². The third-order valence-corrected chi connectivity index (χ3v) is 5.14. The van der Waals surface area contributed by atoms with Gasteiger partial charge in [-0.2, -0.15) is 0 Å². The van der Waals surface area contributed by atoms with Gasteiger partial charge in [-0.15, -0.1) is 0 Å². The quantitative estimate of drug-likeness (QED) is 0.683. The van der Waals surface area contributed by atoms with Gasteiger partial charge < -0.3 is 14.6 Å². The Morgan fingerprint density at radius 1 is 1.12 bits per heavy atom. The topological polar surface area (TPSA) is 55.8 Å². The third kappa shape index (κ3) is 4.95. The molecule has 2 fully saturated rings. The minimum absolute atomic E-state index is 0.0705. The number of carboxylic acids is 1. The minimum atomic E-state index is -0.801. The van der Waals surface area contributed by atoms with Gasteiger partial charge in [0.05, 0.1) is 25.2 Å². The number of aliphatic carboxylic acids is 1. The molecule has 0 amide bonds. The first kappa shape index (κ1) is 17.7. The van der Waals surface area contributed by atoms with Crippen molar-refractivity contribution in [3.63, 3.8) is 0 Å². The zero-order valence-electron chi connectivity index (χ0n) is 14.4. The van der Waals surface area contributed by atoms with Gasteiger partial charge in [-0.1, -0.05) is 42.5 Å². The number of carbonyl (C=O) groups is 1. The Bertz CT molecular complexity index is 608. The Kier molecular flexibility index (Phi) is 6.29. The van der Waals surface area contributed by atoms with Gasteiger partial charge in [-0.05, 0) is 49.7 Å². The lowest BCUT2D eigenvalue weighted by Gasteiger charge is -2.27. The molecule has 134 valence electrons. The molecule has 25 heavy (non-hydrogen) atoms. The van der Waals surface area contributed by atoms with Gasteiger partial charge in [0.2, 0.25) is 0 Å². The van der Waals surface area contributed by atoms with E-state index in [9.17, 15) is 4.79 Å². The molecule has 4 atom stereocenters. The van der Waals surface area contributed by atoms with Crippen molar-refractivity contribution in [3.8, 4) is 5.75 Å². The van der Waals surface area contributed by atoms with Crippen molar-refractivity contribution in [2.24, 2.45) is 11.8 Å². The number of ether oxygens (including phenoxy) is 2. The summed E-state index contributed by atoms with van der Waals surface area (Å²) in [5.74, 6) is 1.22. The number of hydrogen-bond acceptors (Lipinski definition) is 3. The summed E-state index contributed by atoms with van der Waals surface area (Å²) < 4.78 is 12.0. The van der Waals surface area contributed by atoms with Crippen LogP contribution in [0.2, 0.25) is 0 Å². The van der Waals surface area contributed by atoms with Crippen molar-refractivity contribution in [1.82, 2.24) is 0 Å². The molecule has 1 aromatic rings. The maximum absolute atomic E-state index is 10.5. The van der Waals surface area contributed by atoms with Crippen molar-refractivity contribution in [2.75, 3.05) is 6.61 Å². The SMILES string of the molecule is O=C(O)CC=CC=CC[C@H]1[C@@H](CCOc2ccccc2)[C@H]2CC[C@@H]1O2. The second-order valence-electron chi connectivity index (χ2n) is 6.76. The summed E-state index contributed by atoms with van der Waals surface area (Å²) in [4.78, 5) is 10.5. The predicted octanol–water partition coefficient (Wildman–Crippen LogP) is 4.23. The summed E-state index contributed by atoms with van der Waals surface area (Å²) in [5, 5.41) is 8.61. The summed E-state index contributed by atoms with van der Waals surface area (Å²) in [5.41, 5.74) is 0. The third-order valence-electron chi connectivity index (χ3n) is 5.14. The highest BCUT2D eigenvalue weighted by Gasteiger charge is 2.47. The Morgan fingerprint density at radius 3 is 2.60 bits per heavy atom. The van der Waals surface area contributed by atoms with Crippen LogP contribution in [0.4, 0.5) is 0 Å². The molecule has 0 unspecified atom stereocenters. The zero-order valence-corrected chi connectivity index (χ0v) is 14.4. The zero-order chi connectivity index (χ0) is 17.5. The summed E-state index contributed by atoms with van der Waals surface area (Å²) >= 11 is 0.